The van der Waals surface area contributed by atoms with E-state index in [1.165, 1.54) is 5.56 Å². The van der Waals surface area contributed by atoms with Crippen molar-refractivity contribution in [3.8, 4) is 5.75 Å². The minimum Gasteiger partial charge on any atom is -0.489 e. The number of aromatic nitrogens is 1. The highest BCUT2D eigenvalue weighted by molar-refractivity contribution is 6.04. The van der Waals surface area contributed by atoms with E-state index in [1.54, 1.807) is 18.2 Å². The molecule has 0 saturated heterocycles. The van der Waals surface area contributed by atoms with Crippen LogP contribution in [0.3, 0.4) is 0 Å². The van der Waals surface area contributed by atoms with Gasteiger partial charge in [0, 0.05) is 11.3 Å². The Balaban J connectivity index is 1.67. The van der Waals surface area contributed by atoms with Crippen molar-refractivity contribution < 1.29 is 14.1 Å². The van der Waals surface area contributed by atoms with Crippen molar-refractivity contribution >= 4 is 11.6 Å². The van der Waals surface area contributed by atoms with Crippen molar-refractivity contribution in [3.05, 3.63) is 76.7 Å². The molecular weight excluding hydrogens is 352 g/mol. The Labute approximate surface area is 165 Å². The lowest BCUT2D eigenvalue weighted by atomic mass is 9.87. The normalized spacial score (nSPS) is 11.3. The molecule has 5 heteroatoms. The molecule has 0 saturated carbocycles. The van der Waals surface area contributed by atoms with Gasteiger partial charge in [-0.1, -0.05) is 44.1 Å². The maximum Gasteiger partial charge on any atom is 0.255 e. The first-order valence-corrected chi connectivity index (χ1v) is 9.30. The summed E-state index contributed by atoms with van der Waals surface area (Å²) >= 11 is 0. The highest BCUT2D eigenvalue weighted by Gasteiger charge is 2.14. The van der Waals surface area contributed by atoms with Gasteiger partial charge in [0.15, 0.2) is 0 Å². The standard InChI is InChI=1S/C23H26N2O3/c1-15-21(16(2)28-25-15)14-27-20-8-6-7-17(13-20)22(26)24-19-11-9-18(10-12-19)23(3,4)5/h6-13H,14H2,1-5H3,(H,24,26). The molecule has 0 spiro atoms. The second-order valence-corrected chi connectivity index (χ2v) is 7.90. The van der Waals surface area contributed by atoms with Crippen molar-refractivity contribution in [1.29, 1.82) is 0 Å². The van der Waals surface area contributed by atoms with Crippen molar-refractivity contribution in [2.45, 2.75) is 46.6 Å². The largest absolute Gasteiger partial charge is 0.489 e. The molecule has 146 valence electrons. The van der Waals surface area contributed by atoms with Gasteiger partial charge in [-0.2, -0.15) is 0 Å². The van der Waals surface area contributed by atoms with Gasteiger partial charge in [0.2, 0.25) is 0 Å². The van der Waals surface area contributed by atoms with Gasteiger partial charge in [-0.3, -0.25) is 4.79 Å². The zero-order chi connectivity index (χ0) is 20.3. The molecule has 3 rings (SSSR count). The summed E-state index contributed by atoms with van der Waals surface area (Å²) in [5.74, 6) is 1.19. The molecule has 28 heavy (non-hydrogen) atoms. The number of nitrogens with zero attached hydrogens (tertiary/aromatic N) is 1. The van der Waals surface area contributed by atoms with E-state index in [9.17, 15) is 4.79 Å². The average molecular weight is 378 g/mol. The number of aryl methyl sites for hydroxylation is 2. The monoisotopic (exact) mass is 378 g/mol. The molecule has 1 N–H and O–H groups in total. The Bertz CT molecular complexity index is 947. The van der Waals surface area contributed by atoms with Crippen molar-refractivity contribution in [3.63, 3.8) is 0 Å². The molecule has 0 aliphatic heterocycles. The van der Waals surface area contributed by atoms with Gasteiger partial charge in [-0.25, -0.2) is 0 Å². The van der Waals surface area contributed by atoms with E-state index in [0.29, 0.717) is 17.9 Å². The van der Waals surface area contributed by atoms with Crippen LogP contribution in [0, 0.1) is 13.8 Å². The Kier molecular flexibility index (Phi) is 5.54. The number of nitrogens with one attached hydrogen (secondary N) is 1. The molecule has 0 unspecified atom stereocenters. The van der Waals surface area contributed by atoms with E-state index in [0.717, 1.165) is 22.7 Å². The molecule has 3 aromatic rings. The van der Waals surface area contributed by atoms with Gasteiger partial charge in [0.25, 0.3) is 5.91 Å². The van der Waals surface area contributed by atoms with Gasteiger partial charge < -0.3 is 14.6 Å². The van der Waals surface area contributed by atoms with Crippen LogP contribution in [0.4, 0.5) is 5.69 Å². The fourth-order valence-corrected chi connectivity index (χ4v) is 2.85. The second kappa shape index (κ2) is 7.89. The summed E-state index contributed by atoms with van der Waals surface area (Å²) in [4.78, 5) is 12.6. The second-order valence-electron chi connectivity index (χ2n) is 7.90. The third-order valence-electron chi connectivity index (χ3n) is 4.67. The van der Waals surface area contributed by atoms with Gasteiger partial charge in [0.1, 0.15) is 18.1 Å². The van der Waals surface area contributed by atoms with E-state index in [2.05, 4.69) is 31.2 Å². The number of benzene rings is 2. The number of rotatable bonds is 5. The summed E-state index contributed by atoms with van der Waals surface area (Å²) in [6.07, 6.45) is 0. The molecule has 2 aromatic carbocycles. The first kappa shape index (κ1) is 19.7. The lowest BCUT2D eigenvalue weighted by Crippen LogP contribution is -2.13. The van der Waals surface area contributed by atoms with E-state index in [1.807, 2.05) is 44.2 Å². The number of hydrogen-bond donors (Lipinski definition) is 1. The minimum absolute atomic E-state index is 0.0788. The van der Waals surface area contributed by atoms with Crippen LogP contribution in [-0.2, 0) is 12.0 Å². The maximum absolute atomic E-state index is 12.6. The van der Waals surface area contributed by atoms with E-state index in [4.69, 9.17) is 9.26 Å². The molecule has 1 aromatic heterocycles. The summed E-state index contributed by atoms with van der Waals surface area (Å²) in [5.41, 5.74) is 4.34. The molecule has 1 amide bonds. The van der Waals surface area contributed by atoms with Crippen LogP contribution >= 0.6 is 0 Å². The van der Waals surface area contributed by atoms with E-state index in [-0.39, 0.29) is 11.3 Å². The third-order valence-corrected chi connectivity index (χ3v) is 4.67. The van der Waals surface area contributed by atoms with Crippen molar-refractivity contribution in [2.75, 3.05) is 5.32 Å². The fraction of sp³-hybridized carbons (Fsp3) is 0.304. The summed E-state index contributed by atoms with van der Waals surface area (Å²) in [5, 5.41) is 6.86. The van der Waals surface area contributed by atoms with Crippen LogP contribution in [0.2, 0.25) is 0 Å². The van der Waals surface area contributed by atoms with Crippen LogP contribution in [-0.4, -0.2) is 11.1 Å². The molecule has 5 nitrogen and oxygen atoms in total. The maximum atomic E-state index is 12.6. The summed E-state index contributed by atoms with van der Waals surface area (Å²) in [7, 11) is 0. The van der Waals surface area contributed by atoms with E-state index >= 15 is 0 Å². The molecular formula is C23H26N2O3. The quantitative estimate of drug-likeness (QED) is 0.644. The van der Waals surface area contributed by atoms with Crippen molar-refractivity contribution in [1.82, 2.24) is 5.16 Å². The highest BCUT2D eigenvalue weighted by Crippen LogP contribution is 2.24. The van der Waals surface area contributed by atoms with Gasteiger partial charge in [0.05, 0.1) is 11.3 Å². The lowest BCUT2D eigenvalue weighted by molar-refractivity contribution is 0.102. The molecule has 0 radical (unpaired) electrons. The number of ether oxygens (including phenoxy) is 1. The van der Waals surface area contributed by atoms with Crippen LogP contribution in [0.5, 0.6) is 5.75 Å². The Hall–Kier alpha value is -3.08. The summed E-state index contributed by atoms with van der Waals surface area (Å²) in [6, 6.07) is 15.1. The minimum atomic E-state index is -0.175. The Morgan fingerprint density at radius 3 is 2.43 bits per heavy atom. The molecule has 0 bridgehead atoms. The number of carbonyl (C=O) groups excluding carboxylic acids is 1. The van der Waals surface area contributed by atoms with Gasteiger partial charge in [-0.05, 0) is 55.2 Å². The molecule has 0 aliphatic carbocycles. The smallest absolute Gasteiger partial charge is 0.255 e. The van der Waals surface area contributed by atoms with E-state index < -0.39 is 0 Å². The van der Waals surface area contributed by atoms with Crippen LogP contribution < -0.4 is 10.1 Å². The van der Waals surface area contributed by atoms with Crippen LogP contribution in [0.15, 0.2) is 53.1 Å². The fourth-order valence-electron chi connectivity index (χ4n) is 2.85. The number of amides is 1. The predicted molar refractivity (Wildman–Crippen MR) is 110 cm³/mol. The molecule has 0 atom stereocenters. The van der Waals surface area contributed by atoms with Crippen LogP contribution in [0.1, 0.15) is 53.7 Å². The van der Waals surface area contributed by atoms with Crippen molar-refractivity contribution in [2.24, 2.45) is 0 Å². The average Bonchev–Trinajstić information content (AvgIpc) is 2.98. The zero-order valence-corrected chi connectivity index (χ0v) is 17.0. The first-order chi connectivity index (χ1) is 13.2. The van der Waals surface area contributed by atoms with Gasteiger partial charge >= 0.3 is 0 Å². The first-order valence-electron chi connectivity index (χ1n) is 9.30. The Morgan fingerprint density at radius 2 is 1.82 bits per heavy atom. The number of hydrogen-bond acceptors (Lipinski definition) is 4. The SMILES string of the molecule is Cc1noc(C)c1COc1cccc(C(=O)Nc2ccc(C(C)(C)C)cc2)c1. The predicted octanol–water partition coefficient (Wildman–Crippen LogP) is 5.42. The summed E-state index contributed by atoms with van der Waals surface area (Å²) in [6.45, 7) is 10.6. The Morgan fingerprint density at radius 1 is 1.11 bits per heavy atom. The van der Waals surface area contributed by atoms with Gasteiger partial charge in [-0.15, -0.1) is 0 Å². The summed E-state index contributed by atoms with van der Waals surface area (Å²) < 4.78 is 11.0. The van der Waals surface area contributed by atoms with Crippen LogP contribution in [0.25, 0.3) is 0 Å². The third kappa shape index (κ3) is 4.60. The topological polar surface area (TPSA) is 64.4 Å². The lowest BCUT2D eigenvalue weighted by Gasteiger charge is -2.19. The molecule has 0 aliphatic rings. The zero-order valence-electron chi connectivity index (χ0n) is 17.0. The number of anilines is 1. The molecule has 0 fully saturated rings. The number of carbonyl (C=O) groups is 1. The molecule has 1 heterocycles. The highest BCUT2D eigenvalue weighted by atomic mass is 16.5.